The number of para-hydroxylation sites is 3. The number of rotatable bonds is 7. The maximum absolute atomic E-state index is 12.4. The molecule has 0 saturated carbocycles. The Bertz CT molecular complexity index is 1120. The molecule has 0 unspecified atom stereocenters. The number of benzene rings is 3. The fraction of sp³-hybridized carbons (Fsp3) is 0.125. The summed E-state index contributed by atoms with van der Waals surface area (Å²) in [7, 11) is 0. The lowest BCUT2D eigenvalue weighted by Crippen LogP contribution is -2.13. The summed E-state index contributed by atoms with van der Waals surface area (Å²) in [5.41, 5.74) is 2.65. The summed E-state index contributed by atoms with van der Waals surface area (Å²) < 4.78 is 11.2. The second-order valence-electron chi connectivity index (χ2n) is 6.84. The van der Waals surface area contributed by atoms with Crippen molar-refractivity contribution in [1.82, 2.24) is 10.1 Å². The molecular formula is C24H21N3O3. The molecule has 1 amide bonds. The van der Waals surface area contributed by atoms with Gasteiger partial charge >= 0.3 is 0 Å². The van der Waals surface area contributed by atoms with Crippen LogP contribution in [0.5, 0.6) is 11.5 Å². The third kappa shape index (κ3) is 4.91. The number of anilines is 1. The molecule has 1 N–H and O–H groups in total. The maximum Gasteiger partial charge on any atom is 0.227 e. The first-order valence-corrected chi connectivity index (χ1v) is 9.69. The van der Waals surface area contributed by atoms with Crippen molar-refractivity contribution in [2.75, 3.05) is 5.32 Å². The van der Waals surface area contributed by atoms with Crippen LogP contribution >= 0.6 is 0 Å². The van der Waals surface area contributed by atoms with Crippen LogP contribution in [0.15, 0.2) is 83.4 Å². The predicted molar refractivity (Wildman–Crippen MR) is 114 cm³/mol. The van der Waals surface area contributed by atoms with Gasteiger partial charge < -0.3 is 14.6 Å². The summed E-state index contributed by atoms with van der Waals surface area (Å²) in [5.74, 6) is 2.07. The fourth-order valence-corrected chi connectivity index (χ4v) is 2.88. The second kappa shape index (κ2) is 9.05. The van der Waals surface area contributed by atoms with E-state index in [0.29, 0.717) is 35.3 Å². The summed E-state index contributed by atoms with van der Waals surface area (Å²) in [4.78, 5) is 16.8. The first-order valence-electron chi connectivity index (χ1n) is 9.69. The number of amides is 1. The van der Waals surface area contributed by atoms with Crippen LogP contribution < -0.4 is 10.1 Å². The monoisotopic (exact) mass is 399 g/mol. The van der Waals surface area contributed by atoms with Gasteiger partial charge in [0.1, 0.15) is 5.75 Å². The topological polar surface area (TPSA) is 77.2 Å². The van der Waals surface area contributed by atoms with Gasteiger partial charge in [-0.05, 0) is 31.2 Å². The number of carbonyl (C=O) groups is 1. The van der Waals surface area contributed by atoms with Gasteiger partial charge in [0.2, 0.25) is 17.6 Å². The van der Waals surface area contributed by atoms with Crippen molar-refractivity contribution < 1.29 is 14.1 Å². The van der Waals surface area contributed by atoms with Crippen molar-refractivity contribution in [3.05, 3.63) is 90.3 Å². The normalized spacial score (nSPS) is 10.6. The molecule has 150 valence electrons. The highest BCUT2D eigenvalue weighted by Gasteiger charge is 2.12. The van der Waals surface area contributed by atoms with Gasteiger partial charge in [-0.1, -0.05) is 65.3 Å². The van der Waals surface area contributed by atoms with E-state index < -0.39 is 0 Å². The first-order chi connectivity index (χ1) is 14.7. The minimum atomic E-state index is -0.158. The van der Waals surface area contributed by atoms with E-state index in [4.69, 9.17) is 9.26 Å². The molecule has 0 atom stereocenters. The largest absolute Gasteiger partial charge is 0.455 e. The molecule has 0 aliphatic heterocycles. The zero-order chi connectivity index (χ0) is 20.8. The van der Waals surface area contributed by atoms with Crippen molar-refractivity contribution >= 4 is 11.6 Å². The van der Waals surface area contributed by atoms with Crippen LogP contribution in [-0.2, 0) is 11.2 Å². The standard InChI is InChI=1S/C24H21N3O3/c1-17-11-13-18(14-12-17)24-26-23(30-27-24)16-15-22(28)25-20-9-5-6-10-21(20)29-19-7-3-2-4-8-19/h2-14H,15-16H2,1H3,(H,25,28). The van der Waals surface area contributed by atoms with Crippen molar-refractivity contribution in [3.8, 4) is 22.9 Å². The van der Waals surface area contributed by atoms with E-state index in [-0.39, 0.29) is 12.3 Å². The lowest BCUT2D eigenvalue weighted by molar-refractivity contribution is -0.116. The number of aromatic nitrogens is 2. The number of aryl methyl sites for hydroxylation is 2. The average molecular weight is 399 g/mol. The Hall–Kier alpha value is -3.93. The molecule has 6 nitrogen and oxygen atoms in total. The van der Waals surface area contributed by atoms with E-state index in [1.165, 1.54) is 0 Å². The van der Waals surface area contributed by atoms with Crippen LogP contribution in [0.1, 0.15) is 17.9 Å². The summed E-state index contributed by atoms with van der Waals surface area (Å²) in [6, 6.07) is 24.6. The quantitative estimate of drug-likeness (QED) is 0.450. The summed E-state index contributed by atoms with van der Waals surface area (Å²) >= 11 is 0. The molecule has 0 bridgehead atoms. The van der Waals surface area contributed by atoms with E-state index >= 15 is 0 Å². The summed E-state index contributed by atoms with van der Waals surface area (Å²) in [5, 5.41) is 6.89. The third-order valence-corrected chi connectivity index (χ3v) is 4.48. The van der Waals surface area contributed by atoms with Gasteiger partial charge in [0.05, 0.1) is 5.69 Å². The van der Waals surface area contributed by atoms with Gasteiger partial charge in [-0.3, -0.25) is 4.79 Å². The third-order valence-electron chi connectivity index (χ3n) is 4.48. The van der Waals surface area contributed by atoms with Crippen LogP contribution in [0, 0.1) is 6.92 Å². The van der Waals surface area contributed by atoms with Crippen LogP contribution in [0.25, 0.3) is 11.4 Å². The molecule has 1 aromatic heterocycles. The van der Waals surface area contributed by atoms with E-state index in [1.807, 2.05) is 79.7 Å². The van der Waals surface area contributed by atoms with E-state index in [2.05, 4.69) is 15.5 Å². The number of hydrogen-bond donors (Lipinski definition) is 1. The van der Waals surface area contributed by atoms with Crippen molar-refractivity contribution in [1.29, 1.82) is 0 Å². The molecule has 0 aliphatic rings. The maximum atomic E-state index is 12.4. The molecule has 0 saturated heterocycles. The van der Waals surface area contributed by atoms with Crippen LogP contribution in [0.3, 0.4) is 0 Å². The fourth-order valence-electron chi connectivity index (χ4n) is 2.88. The zero-order valence-electron chi connectivity index (χ0n) is 16.5. The highest BCUT2D eigenvalue weighted by atomic mass is 16.5. The number of hydrogen-bond acceptors (Lipinski definition) is 5. The highest BCUT2D eigenvalue weighted by Crippen LogP contribution is 2.29. The average Bonchev–Trinajstić information content (AvgIpc) is 3.24. The molecule has 0 spiro atoms. The molecule has 4 rings (SSSR count). The zero-order valence-corrected chi connectivity index (χ0v) is 16.5. The Balaban J connectivity index is 1.36. The van der Waals surface area contributed by atoms with Gasteiger partial charge in [0, 0.05) is 18.4 Å². The molecule has 4 aromatic rings. The minimum absolute atomic E-state index is 0.158. The van der Waals surface area contributed by atoms with Crippen molar-refractivity contribution in [3.63, 3.8) is 0 Å². The minimum Gasteiger partial charge on any atom is -0.455 e. The molecule has 1 heterocycles. The number of nitrogens with one attached hydrogen (secondary N) is 1. The Labute approximate surface area is 174 Å². The molecule has 3 aromatic carbocycles. The number of nitrogens with zero attached hydrogens (tertiary/aromatic N) is 2. The highest BCUT2D eigenvalue weighted by molar-refractivity contribution is 5.92. The smallest absolute Gasteiger partial charge is 0.227 e. The Kier molecular flexibility index (Phi) is 5.85. The number of carbonyl (C=O) groups excluding carboxylic acids is 1. The molecule has 30 heavy (non-hydrogen) atoms. The van der Waals surface area contributed by atoms with Crippen LogP contribution in [0.4, 0.5) is 5.69 Å². The molecule has 6 heteroatoms. The molecule has 0 aliphatic carbocycles. The summed E-state index contributed by atoms with van der Waals surface area (Å²) in [6.45, 7) is 2.02. The lowest BCUT2D eigenvalue weighted by atomic mass is 10.1. The van der Waals surface area contributed by atoms with Gasteiger partial charge in [0.25, 0.3) is 0 Å². The van der Waals surface area contributed by atoms with Gasteiger partial charge in [-0.2, -0.15) is 4.98 Å². The Morgan fingerprint density at radius 3 is 2.50 bits per heavy atom. The first kappa shape index (κ1) is 19.4. The van der Waals surface area contributed by atoms with Crippen LogP contribution in [0.2, 0.25) is 0 Å². The molecule has 0 radical (unpaired) electrons. The van der Waals surface area contributed by atoms with Crippen molar-refractivity contribution in [2.45, 2.75) is 19.8 Å². The van der Waals surface area contributed by atoms with E-state index in [0.717, 1.165) is 11.1 Å². The van der Waals surface area contributed by atoms with E-state index in [1.54, 1.807) is 6.07 Å². The Morgan fingerprint density at radius 2 is 1.70 bits per heavy atom. The van der Waals surface area contributed by atoms with Gasteiger partial charge in [-0.25, -0.2) is 0 Å². The van der Waals surface area contributed by atoms with Gasteiger partial charge in [0.15, 0.2) is 5.75 Å². The molecular weight excluding hydrogens is 378 g/mol. The Morgan fingerprint density at radius 1 is 0.967 bits per heavy atom. The van der Waals surface area contributed by atoms with Crippen molar-refractivity contribution in [2.24, 2.45) is 0 Å². The second-order valence-corrected chi connectivity index (χ2v) is 6.84. The summed E-state index contributed by atoms with van der Waals surface area (Å²) in [6.07, 6.45) is 0.571. The predicted octanol–water partition coefficient (Wildman–Crippen LogP) is 5.41. The SMILES string of the molecule is Cc1ccc(-c2noc(CCC(=O)Nc3ccccc3Oc3ccccc3)n2)cc1. The number of ether oxygens (including phenoxy) is 1. The van der Waals surface area contributed by atoms with Gasteiger partial charge in [-0.15, -0.1) is 0 Å². The molecule has 0 fully saturated rings. The van der Waals surface area contributed by atoms with Crippen LogP contribution in [-0.4, -0.2) is 16.0 Å². The van der Waals surface area contributed by atoms with E-state index in [9.17, 15) is 4.79 Å². The lowest BCUT2D eigenvalue weighted by Gasteiger charge is -2.11.